The lowest BCUT2D eigenvalue weighted by Crippen LogP contribution is -2.25. The summed E-state index contributed by atoms with van der Waals surface area (Å²) in [6.45, 7) is 2.11. The molecule has 0 aliphatic carbocycles. The van der Waals surface area contributed by atoms with E-state index in [0.29, 0.717) is 10.0 Å². The Kier molecular flexibility index (Phi) is 5.01. The molecular formula is C16H18Cl2N4. The van der Waals surface area contributed by atoms with Crippen LogP contribution in [0.1, 0.15) is 25.7 Å². The zero-order valence-corrected chi connectivity index (χ0v) is 13.7. The fourth-order valence-corrected chi connectivity index (χ4v) is 3.07. The van der Waals surface area contributed by atoms with Crippen molar-refractivity contribution in [3.63, 3.8) is 0 Å². The quantitative estimate of drug-likeness (QED) is 0.864. The summed E-state index contributed by atoms with van der Waals surface area (Å²) in [6.07, 6.45) is 6.62. The van der Waals surface area contributed by atoms with Crippen molar-refractivity contribution in [3.05, 3.63) is 40.6 Å². The molecule has 0 spiro atoms. The Morgan fingerprint density at radius 1 is 0.955 bits per heavy atom. The summed E-state index contributed by atoms with van der Waals surface area (Å²) < 4.78 is 0. The Labute approximate surface area is 140 Å². The van der Waals surface area contributed by atoms with Crippen molar-refractivity contribution in [1.29, 1.82) is 0 Å². The van der Waals surface area contributed by atoms with Crippen molar-refractivity contribution in [2.45, 2.75) is 25.7 Å². The van der Waals surface area contributed by atoms with E-state index < -0.39 is 0 Å². The van der Waals surface area contributed by atoms with Crippen LogP contribution < -0.4 is 10.2 Å². The smallest absolute Gasteiger partial charge is 0.135 e. The normalized spacial score (nSPS) is 15.5. The maximum absolute atomic E-state index is 6.19. The summed E-state index contributed by atoms with van der Waals surface area (Å²) in [5.74, 6) is 1.70. The number of halogens is 2. The number of aromatic nitrogens is 2. The van der Waals surface area contributed by atoms with Gasteiger partial charge in [0.15, 0.2) is 0 Å². The summed E-state index contributed by atoms with van der Waals surface area (Å²) in [6, 6.07) is 7.32. The first-order valence-electron chi connectivity index (χ1n) is 7.51. The molecule has 4 nitrogen and oxygen atoms in total. The molecule has 1 aromatic heterocycles. The van der Waals surface area contributed by atoms with Crippen LogP contribution in [0.5, 0.6) is 0 Å². The Balaban J connectivity index is 1.78. The predicted octanol–water partition coefficient (Wildman–Crippen LogP) is 4.91. The predicted molar refractivity (Wildman–Crippen MR) is 92.5 cm³/mol. The van der Waals surface area contributed by atoms with E-state index in [1.165, 1.54) is 25.7 Å². The van der Waals surface area contributed by atoms with E-state index in [1.54, 1.807) is 18.5 Å². The molecule has 1 aliphatic heterocycles. The largest absolute Gasteiger partial charge is 0.356 e. The highest BCUT2D eigenvalue weighted by Crippen LogP contribution is 2.28. The zero-order chi connectivity index (χ0) is 15.4. The van der Waals surface area contributed by atoms with Crippen molar-refractivity contribution < 1.29 is 0 Å². The van der Waals surface area contributed by atoms with Crippen LogP contribution in [-0.4, -0.2) is 23.1 Å². The van der Waals surface area contributed by atoms with Crippen LogP contribution >= 0.6 is 23.2 Å². The molecule has 1 aliphatic rings. The third kappa shape index (κ3) is 3.81. The number of hydrogen-bond donors (Lipinski definition) is 1. The van der Waals surface area contributed by atoms with E-state index in [0.717, 1.165) is 30.4 Å². The number of nitrogens with one attached hydrogen (secondary N) is 1. The van der Waals surface area contributed by atoms with Crippen LogP contribution in [0.4, 0.5) is 17.3 Å². The fourth-order valence-electron chi connectivity index (χ4n) is 2.62. The van der Waals surface area contributed by atoms with E-state index in [9.17, 15) is 0 Å². The second-order valence-electron chi connectivity index (χ2n) is 5.41. The van der Waals surface area contributed by atoms with Crippen molar-refractivity contribution in [2.24, 2.45) is 0 Å². The standard InChI is InChI=1S/C16H18Cl2N4/c17-12-5-6-14(13(18)9-12)21-15-10-16(20-11-19-15)22-7-3-1-2-4-8-22/h5-6,9-11H,1-4,7-8H2,(H,19,20,21). The second kappa shape index (κ2) is 7.16. The third-order valence-electron chi connectivity index (χ3n) is 3.78. The van der Waals surface area contributed by atoms with Gasteiger partial charge in [0.05, 0.1) is 10.7 Å². The molecule has 116 valence electrons. The highest BCUT2D eigenvalue weighted by Gasteiger charge is 2.12. The number of benzene rings is 1. The molecule has 3 rings (SSSR count). The highest BCUT2D eigenvalue weighted by atomic mass is 35.5. The Morgan fingerprint density at radius 2 is 1.73 bits per heavy atom. The van der Waals surface area contributed by atoms with Gasteiger partial charge in [0, 0.05) is 24.2 Å². The molecule has 0 unspecified atom stereocenters. The van der Waals surface area contributed by atoms with E-state index in [4.69, 9.17) is 23.2 Å². The van der Waals surface area contributed by atoms with Gasteiger partial charge in [0.1, 0.15) is 18.0 Å². The van der Waals surface area contributed by atoms with Crippen LogP contribution in [0.3, 0.4) is 0 Å². The van der Waals surface area contributed by atoms with Gasteiger partial charge >= 0.3 is 0 Å². The molecule has 2 aromatic rings. The average Bonchev–Trinajstić information content (AvgIpc) is 2.80. The second-order valence-corrected chi connectivity index (χ2v) is 6.26. The van der Waals surface area contributed by atoms with Crippen molar-refractivity contribution in [2.75, 3.05) is 23.3 Å². The molecule has 1 aromatic carbocycles. The lowest BCUT2D eigenvalue weighted by Gasteiger charge is -2.21. The lowest BCUT2D eigenvalue weighted by atomic mass is 10.2. The first-order chi connectivity index (χ1) is 10.7. The molecule has 0 saturated carbocycles. The minimum Gasteiger partial charge on any atom is -0.356 e. The van der Waals surface area contributed by atoms with Crippen LogP contribution in [0, 0.1) is 0 Å². The van der Waals surface area contributed by atoms with Crippen molar-refractivity contribution in [3.8, 4) is 0 Å². The van der Waals surface area contributed by atoms with Crippen LogP contribution in [0.15, 0.2) is 30.6 Å². The summed E-state index contributed by atoms with van der Waals surface area (Å²) in [5, 5.41) is 4.41. The molecule has 0 radical (unpaired) electrons. The number of rotatable bonds is 3. The van der Waals surface area contributed by atoms with E-state index in [-0.39, 0.29) is 0 Å². The number of anilines is 3. The Hall–Kier alpha value is -1.52. The molecule has 2 heterocycles. The van der Waals surface area contributed by atoms with Gasteiger partial charge in [0.25, 0.3) is 0 Å². The molecule has 1 saturated heterocycles. The lowest BCUT2D eigenvalue weighted by molar-refractivity contribution is 0.726. The molecule has 0 amide bonds. The fraction of sp³-hybridized carbons (Fsp3) is 0.375. The molecule has 1 N–H and O–H groups in total. The molecule has 0 bridgehead atoms. The minimum atomic E-state index is 0.572. The Bertz CT molecular complexity index is 640. The molecule has 6 heteroatoms. The summed E-state index contributed by atoms with van der Waals surface area (Å²) in [7, 11) is 0. The first kappa shape index (κ1) is 15.4. The molecule has 1 fully saturated rings. The van der Waals surface area contributed by atoms with E-state index >= 15 is 0 Å². The first-order valence-corrected chi connectivity index (χ1v) is 8.27. The molecule has 0 atom stereocenters. The third-order valence-corrected chi connectivity index (χ3v) is 4.32. The topological polar surface area (TPSA) is 41.0 Å². The van der Waals surface area contributed by atoms with Crippen LogP contribution in [0.2, 0.25) is 10.0 Å². The van der Waals surface area contributed by atoms with Gasteiger partial charge in [-0.05, 0) is 31.0 Å². The van der Waals surface area contributed by atoms with Crippen LogP contribution in [0.25, 0.3) is 0 Å². The molecular weight excluding hydrogens is 319 g/mol. The van der Waals surface area contributed by atoms with Gasteiger partial charge in [-0.15, -0.1) is 0 Å². The Morgan fingerprint density at radius 3 is 2.45 bits per heavy atom. The monoisotopic (exact) mass is 336 g/mol. The van der Waals surface area contributed by atoms with Gasteiger partial charge in [-0.3, -0.25) is 0 Å². The van der Waals surface area contributed by atoms with Gasteiger partial charge in [-0.1, -0.05) is 36.0 Å². The molecule has 22 heavy (non-hydrogen) atoms. The van der Waals surface area contributed by atoms with Gasteiger partial charge in [-0.2, -0.15) is 0 Å². The highest BCUT2D eigenvalue weighted by molar-refractivity contribution is 6.36. The SMILES string of the molecule is Clc1ccc(Nc2cc(N3CCCCCC3)ncn2)c(Cl)c1. The number of nitrogens with zero attached hydrogens (tertiary/aromatic N) is 3. The maximum Gasteiger partial charge on any atom is 0.135 e. The van der Waals surface area contributed by atoms with E-state index in [1.807, 2.05) is 12.1 Å². The number of hydrogen-bond acceptors (Lipinski definition) is 4. The van der Waals surface area contributed by atoms with Crippen molar-refractivity contribution >= 4 is 40.5 Å². The summed E-state index contributed by atoms with van der Waals surface area (Å²) >= 11 is 12.1. The van der Waals surface area contributed by atoms with Crippen molar-refractivity contribution in [1.82, 2.24) is 9.97 Å². The summed E-state index contributed by atoms with van der Waals surface area (Å²) in [4.78, 5) is 11.0. The summed E-state index contributed by atoms with van der Waals surface area (Å²) in [5.41, 5.74) is 0.784. The van der Waals surface area contributed by atoms with Gasteiger partial charge in [-0.25, -0.2) is 9.97 Å². The average molecular weight is 337 g/mol. The zero-order valence-electron chi connectivity index (χ0n) is 12.2. The minimum absolute atomic E-state index is 0.572. The van der Waals surface area contributed by atoms with Gasteiger partial charge < -0.3 is 10.2 Å². The van der Waals surface area contributed by atoms with Gasteiger partial charge in [0.2, 0.25) is 0 Å². The van der Waals surface area contributed by atoms with Crippen LogP contribution in [-0.2, 0) is 0 Å². The maximum atomic E-state index is 6.19. The van der Waals surface area contributed by atoms with E-state index in [2.05, 4.69) is 20.2 Å².